The van der Waals surface area contributed by atoms with Crippen LogP contribution in [0.2, 0.25) is 0 Å². The molecule has 0 fully saturated rings. The first kappa shape index (κ1) is 17.0. The minimum atomic E-state index is -0.175. The van der Waals surface area contributed by atoms with Crippen molar-refractivity contribution < 1.29 is 4.79 Å². The summed E-state index contributed by atoms with van der Waals surface area (Å²) >= 11 is 0. The van der Waals surface area contributed by atoms with Gasteiger partial charge in [-0.25, -0.2) is 4.98 Å². The molecule has 0 saturated heterocycles. The third-order valence-corrected chi connectivity index (χ3v) is 4.02. The summed E-state index contributed by atoms with van der Waals surface area (Å²) in [6.45, 7) is 12.1. The quantitative estimate of drug-likeness (QED) is 0.904. The van der Waals surface area contributed by atoms with Crippen LogP contribution in [0.25, 0.3) is 0 Å². The van der Waals surface area contributed by atoms with Crippen LogP contribution in [-0.2, 0) is 0 Å². The Labute approximate surface area is 138 Å². The van der Waals surface area contributed by atoms with Crippen molar-refractivity contribution in [2.75, 3.05) is 23.3 Å². The Morgan fingerprint density at radius 1 is 1.09 bits per heavy atom. The highest BCUT2D eigenvalue weighted by Crippen LogP contribution is 2.22. The summed E-state index contributed by atoms with van der Waals surface area (Å²) in [5, 5.41) is 2.98. The maximum atomic E-state index is 12.4. The molecular weight excluding hydrogens is 286 g/mol. The average molecular weight is 311 g/mol. The van der Waals surface area contributed by atoms with E-state index in [1.54, 1.807) is 12.3 Å². The second kappa shape index (κ2) is 7.27. The lowest BCUT2D eigenvalue weighted by Crippen LogP contribution is -2.22. The normalized spacial score (nSPS) is 10.5. The lowest BCUT2D eigenvalue weighted by Gasteiger charge is -2.20. The molecule has 122 valence electrons. The Morgan fingerprint density at radius 2 is 1.70 bits per heavy atom. The number of carbonyl (C=O) groups excluding carboxylic acids is 1. The van der Waals surface area contributed by atoms with Crippen molar-refractivity contribution in [2.45, 2.75) is 34.6 Å². The number of rotatable bonds is 5. The van der Waals surface area contributed by atoms with Crippen LogP contribution in [0.1, 0.15) is 41.0 Å². The fraction of sp³-hybridized carbons (Fsp3) is 0.368. The Hall–Kier alpha value is -2.36. The third-order valence-electron chi connectivity index (χ3n) is 4.02. The standard InChI is InChI=1S/C19H25N3O/c1-6-22(7-2)16-8-9-17(20-12-16)19(23)21-18-14(4)10-13(3)11-15(18)5/h8-12H,6-7H2,1-5H3,(H,21,23). The maximum Gasteiger partial charge on any atom is 0.274 e. The summed E-state index contributed by atoms with van der Waals surface area (Å²) < 4.78 is 0. The van der Waals surface area contributed by atoms with Gasteiger partial charge < -0.3 is 10.2 Å². The van der Waals surface area contributed by atoms with Crippen molar-refractivity contribution in [3.8, 4) is 0 Å². The number of pyridine rings is 1. The molecule has 0 spiro atoms. The molecule has 2 rings (SSSR count). The molecule has 4 nitrogen and oxygen atoms in total. The van der Waals surface area contributed by atoms with Gasteiger partial charge in [0.15, 0.2) is 0 Å². The van der Waals surface area contributed by atoms with E-state index in [2.05, 4.69) is 48.1 Å². The van der Waals surface area contributed by atoms with E-state index in [4.69, 9.17) is 0 Å². The molecule has 0 aliphatic rings. The van der Waals surface area contributed by atoms with Crippen molar-refractivity contribution in [3.63, 3.8) is 0 Å². The van der Waals surface area contributed by atoms with Crippen LogP contribution in [0.5, 0.6) is 0 Å². The molecule has 1 aromatic carbocycles. The van der Waals surface area contributed by atoms with E-state index in [-0.39, 0.29) is 5.91 Å². The molecule has 0 atom stereocenters. The van der Waals surface area contributed by atoms with Gasteiger partial charge in [0.1, 0.15) is 5.69 Å². The Bertz CT molecular complexity index is 665. The Morgan fingerprint density at radius 3 is 2.17 bits per heavy atom. The number of anilines is 2. The molecule has 1 amide bonds. The minimum Gasteiger partial charge on any atom is -0.371 e. The lowest BCUT2D eigenvalue weighted by molar-refractivity contribution is 0.102. The first-order valence-electron chi connectivity index (χ1n) is 8.06. The van der Waals surface area contributed by atoms with Gasteiger partial charge >= 0.3 is 0 Å². The predicted octanol–water partition coefficient (Wildman–Crippen LogP) is 4.11. The summed E-state index contributed by atoms with van der Waals surface area (Å²) in [5.41, 5.74) is 5.66. The Balaban J connectivity index is 2.19. The number of hydrogen-bond acceptors (Lipinski definition) is 3. The van der Waals surface area contributed by atoms with Crippen molar-refractivity contribution in [3.05, 3.63) is 52.8 Å². The van der Waals surface area contributed by atoms with E-state index in [9.17, 15) is 4.79 Å². The molecule has 0 aliphatic carbocycles. The summed E-state index contributed by atoms with van der Waals surface area (Å²) in [5.74, 6) is -0.175. The number of hydrogen-bond donors (Lipinski definition) is 1. The first-order valence-corrected chi connectivity index (χ1v) is 8.06. The van der Waals surface area contributed by atoms with Gasteiger partial charge in [0.25, 0.3) is 5.91 Å². The van der Waals surface area contributed by atoms with Crippen LogP contribution in [0.4, 0.5) is 11.4 Å². The van der Waals surface area contributed by atoms with E-state index >= 15 is 0 Å². The topological polar surface area (TPSA) is 45.2 Å². The zero-order valence-electron chi connectivity index (χ0n) is 14.6. The second-order valence-corrected chi connectivity index (χ2v) is 5.80. The first-order chi connectivity index (χ1) is 11.0. The van der Waals surface area contributed by atoms with E-state index in [0.717, 1.165) is 35.6 Å². The average Bonchev–Trinajstić information content (AvgIpc) is 2.52. The van der Waals surface area contributed by atoms with Crippen LogP contribution in [0, 0.1) is 20.8 Å². The number of nitrogens with one attached hydrogen (secondary N) is 1. The summed E-state index contributed by atoms with van der Waals surface area (Å²) in [4.78, 5) is 18.9. The number of aromatic nitrogens is 1. The molecule has 4 heteroatoms. The molecule has 0 saturated carbocycles. The van der Waals surface area contributed by atoms with E-state index in [1.165, 1.54) is 5.56 Å². The van der Waals surface area contributed by atoms with Gasteiger partial charge in [-0.2, -0.15) is 0 Å². The summed E-state index contributed by atoms with van der Waals surface area (Å²) in [7, 11) is 0. The second-order valence-electron chi connectivity index (χ2n) is 5.80. The van der Waals surface area contributed by atoms with Crippen molar-refractivity contribution in [1.82, 2.24) is 4.98 Å². The van der Waals surface area contributed by atoms with Crippen LogP contribution in [0.15, 0.2) is 30.5 Å². The number of carbonyl (C=O) groups is 1. The van der Waals surface area contributed by atoms with Crippen molar-refractivity contribution in [1.29, 1.82) is 0 Å². The highest BCUT2D eigenvalue weighted by atomic mass is 16.1. The molecule has 1 N–H and O–H groups in total. The Kier molecular flexibility index (Phi) is 5.37. The molecule has 0 radical (unpaired) electrons. The van der Waals surface area contributed by atoms with Crippen LogP contribution in [-0.4, -0.2) is 24.0 Å². The SMILES string of the molecule is CCN(CC)c1ccc(C(=O)Nc2c(C)cc(C)cc2C)nc1. The zero-order chi connectivity index (χ0) is 17.0. The fourth-order valence-electron chi connectivity index (χ4n) is 2.85. The molecule has 0 bridgehead atoms. The number of nitrogens with zero attached hydrogens (tertiary/aromatic N) is 2. The van der Waals surface area contributed by atoms with E-state index in [0.29, 0.717) is 5.69 Å². The van der Waals surface area contributed by atoms with Crippen LogP contribution in [0.3, 0.4) is 0 Å². The van der Waals surface area contributed by atoms with Crippen LogP contribution >= 0.6 is 0 Å². The summed E-state index contributed by atoms with van der Waals surface area (Å²) in [6, 6.07) is 7.87. The van der Waals surface area contributed by atoms with Gasteiger partial charge in [-0.15, -0.1) is 0 Å². The van der Waals surface area contributed by atoms with Gasteiger partial charge in [-0.3, -0.25) is 4.79 Å². The number of amides is 1. The van der Waals surface area contributed by atoms with E-state index < -0.39 is 0 Å². The van der Waals surface area contributed by atoms with E-state index in [1.807, 2.05) is 19.9 Å². The molecule has 1 aromatic heterocycles. The minimum absolute atomic E-state index is 0.175. The fourth-order valence-corrected chi connectivity index (χ4v) is 2.85. The number of aryl methyl sites for hydroxylation is 3. The van der Waals surface area contributed by atoms with Gasteiger partial charge in [0.2, 0.25) is 0 Å². The molecule has 23 heavy (non-hydrogen) atoms. The maximum absolute atomic E-state index is 12.4. The molecule has 0 aliphatic heterocycles. The van der Waals surface area contributed by atoms with Gasteiger partial charge in [0.05, 0.1) is 11.9 Å². The molecule has 0 unspecified atom stereocenters. The summed E-state index contributed by atoms with van der Waals surface area (Å²) in [6.07, 6.45) is 1.76. The van der Waals surface area contributed by atoms with Crippen molar-refractivity contribution in [2.24, 2.45) is 0 Å². The third kappa shape index (κ3) is 3.89. The predicted molar refractivity (Wildman–Crippen MR) is 96.4 cm³/mol. The highest BCUT2D eigenvalue weighted by molar-refractivity contribution is 6.03. The highest BCUT2D eigenvalue weighted by Gasteiger charge is 2.12. The smallest absolute Gasteiger partial charge is 0.274 e. The van der Waals surface area contributed by atoms with Gasteiger partial charge in [-0.1, -0.05) is 17.7 Å². The number of benzene rings is 1. The molecular formula is C19H25N3O. The van der Waals surface area contributed by atoms with Crippen LogP contribution < -0.4 is 10.2 Å². The molecule has 1 heterocycles. The van der Waals surface area contributed by atoms with Gasteiger partial charge in [0, 0.05) is 18.8 Å². The molecule has 2 aromatic rings. The van der Waals surface area contributed by atoms with Crippen molar-refractivity contribution >= 4 is 17.3 Å². The zero-order valence-corrected chi connectivity index (χ0v) is 14.6. The largest absolute Gasteiger partial charge is 0.371 e. The van der Waals surface area contributed by atoms with Gasteiger partial charge in [-0.05, 0) is 57.9 Å². The monoisotopic (exact) mass is 311 g/mol. The lowest BCUT2D eigenvalue weighted by atomic mass is 10.0.